The van der Waals surface area contributed by atoms with Gasteiger partial charge < -0.3 is 15.0 Å². The molecule has 5 nitrogen and oxygen atoms in total. The van der Waals surface area contributed by atoms with Gasteiger partial charge in [0.25, 0.3) is 5.91 Å². The van der Waals surface area contributed by atoms with Crippen molar-refractivity contribution in [1.82, 2.24) is 10.2 Å². The van der Waals surface area contributed by atoms with Gasteiger partial charge in [-0.15, -0.1) is 0 Å². The topological polar surface area (TPSA) is 58.6 Å². The molecule has 1 aliphatic carbocycles. The zero-order valence-electron chi connectivity index (χ0n) is 17.1. The molecule has 0 spiro atoms. The molecule has 0 atom stereocenters. The van der Waals surface area contributed by atoms with Gasteiger partial charge in [0.15, 0.2) is 5.78 Å². The predicted octanol–water partition coefficient (Wildman–Crippen LogP) is 3.77. The molecule has 3 aromatic carbocycles. The largest absolute Gasteiger partial charge is 0.492 e. The van der Waals surface area contributed by atoms with Crippen molar-refractivity contribution in [1.29, 1.82) is 0 Å². The van der Waals surface area contributed by atoms with Crippen LogP contribution in [-0.2, 0) is 6.54 Å². The van der Waals surface area contributed by atoms with E-state index in [0.29, 0.717) is 29.8 Å². The van der Waals surface area contributed by atoms with Crippen molar-refractivity contribution in [2.24, 2.45) is 0 Å². The minimum atomic E-state index is -0.201. The van der Waals surface area contributed by atoms with Crippen molar-refractivity contribution in [3.63, 3.8) is 0 Å². The Morgan fingerprint density at radius 2 is 1.60 bits per heavy atom. The second kappa shape index (κ2) is 8.51. The molecule has 3 aromatic rings. The number of benzene rings is 3. The predicted molar refractivity (Wildman–Crippen MR) is 117 cm³/mol. The molecule has 152 valence electrons. The van der Waals surface area contributed by atoms with Crippen LogP contribution in [0.2, 0.25) is 0 Å². The Hall–Kier alpha value is -3.44. The van der Waals surface area contributed by atoms with Crippen molar-refractivity contribution in [3.8, 4) is 16.9 Å². The summed E-state index contributed by atoms with van der Waals surface area (Å²) in [5.74, 6) is 0.580. The average molecular weight is 400 g/mol. The molecule has 5 heteroatoms. The van der Waals surface area contributed by atoms with Crippen LogP contribution in [-0.4, -0.2) is 43.8 Å². The van der Waals surface area contributed by atoms with Gasteiger partial charge in [-0.25, -0.2) is 0 Å². The average Bonchev–Trinajstić information content (AvgIpc) is 3.05. The molecular formula is C25H24N2O3. The molecule has 0 unspecified atom stereocenters. The summed E-state index contributed by atoms with van der Waals surface area (Å²) in [4.78, 5) is 27.3. The van der Waals surface area contributed by atoms with Crippen molar-refractivity contribution in [2.75, 3.05) is 27.2 Å². The quantitative estimate of drug-likeness (QED) is 0.513. The van der Waals surface area contributed by atoms with E-state index in [1.165, 1.54) is 0 Å². The molecule has 0 saturated carbocycles. The molecule has 1 N–H and O–H groups in total. The highest BCUT2D eigenvalue weighted by Gasteiger charge is 2.26. The lowest BCUT2D eigenvalue weighted by Gasteiger charge is -2.11. The Kier molecular flexibility index (Phi) is 5.63. The number of carbonyl (C=O) groups is 2. The van der Waals surface area contributed by atoms with Gasteiger partial charge >= 0.3 is 0 Å². The van der Waals surface area contributed by atoms with Gasteiger partial charge in [-0.1, -0.05) is 42.5 Å². The second-order valence-electron chi connectivity index (χ2n) is 7.61. The lowest BCUT2D eigenvalue weighted by atomic mass is 10.0. The van der Waals surface area contributed by atoms with Crippen molar-refractivity contribution in [2.45, 2.75) is 6.54 Å². The Bertz CT molecular complexity index is 1090. The van der Waals surface area contributed by atoms with Crippen LogP contribution >= 0.6 is 0 Å². The SMILES string of the molecule is CN(C)CCOc1ccc(CNC(=O)c2ccc3c(c2)C(=O)c2ccccc2-3)cc1. The molecule has 0 fully saturated rings. The zero-order chi connectivity index (χ0) is 21.1. The highest BCUT2D eigenvalue weighted by Crippen LogP contribution is 2.36. The molecule has 0 saturated heterocycles. The second-order valence-corrected chi connectivity index (χ2v) is 7.61. The van der Waals surface area contributed by atoms with Crippen LogP contribution in [0.25, 0.3) is 11.1 Å². The van der Waals surface area contributed by atoms with Crippen molar-refractivity contribution >= 4 is 11.7 Å². The number of nitrogens with one attached hydrogen (secondary N) is 1. The molecule has 1 aliphatic rings. The van der Waals surface area contributed by atoms with Crippen LogP contribution in [0, 0.1) is 0 Å². The van der Waals surface area contributed by atoms with Gasteiger partial charge in [0.1, 0.15) is 12.4 Å². The number of hydrogen-bond donors (Lipinski definition) is 1. The summed E-state index contributed by atoms with van der Waals surface area (Å²) in [6, 6.07) is 20.5. The lowest BCUT2D eigenvalue weighted by molar-refractivity contribution is 0.0951. The zero-order valence-corrected chi connectivity index (χ0v) is 17.1. The monoisotopic (exact) mass is 400 g/mol. The van der Waals surface area contributed by atoms with E-state index in [1.807, 2.05) is 68.7 Å². The summed E-state index contributed by atoms with van der Waals surface area (Å²) in [6.07, 6.45) is 0. The van der Waals surface area contributed by atoms with E-state index in [2.05, 4.69) is 10.2 Å². The van der Waals surface area contributed by atoms with Crippen LogP contribution in [0.4, 0.5) is 0 Å². The Morgan fingerprint density at radius 3 is 2.33 bits per heavy atom. The van der Waals surface area contributed by atoms with E-state index in [9.17, 15) is 9.59 Å². The summed E-state index contributed by atoms with van der Waals surface area (Å²) in [7, 11) is 4.01. The van der Waals surface area contributed by atoms with E-state index < -0.39 is 0 Å². The molecule has 0 heterocycles. The van der Waals surface area contributed by atoms with Crippen molar-refractivity contribution < 1.29 is 14.3 Å². The first-order chi connectivity index (χ1) is 14.5. The standard InChI is InChI=1S/C25H24N2O3/c1-27(2)13-14-30-19-10-7-17(8-11-19)16-26-25(29)18-9-12-21-20-5-3-4-6-22(20)24(28)23(21)15-18/h3-12,15H,13-14,16H2,1-2H3,(H,26,29). The first-order valence-corrected chi connectivity index (χ1v) is 9.96. The van der Waals surface area contributed by atoms with E-state index in [-0.39, 0.29) is 11.7 Å². The van der Waals surface area contributed by atoms with Crippen molar-refractivity contribution in [3.05, 3.63) is 89.0 Å². The van der Waals surface area contributed by atoms with E-state index in [4.69, 9.17) is 4.74 Å². The smallest absolute Gasteiger partial charge is 0.251 e. The maximum Gasteiger partial charge on any atom is 0.251 e. The third-order valence-corrected chi connectivity index (χ3v) is 5.17. The Balaban J connectivity index is 1.38. The van der Waals surface area contributed by atoms with E-state index >= 15 is 0 Å². The molecule has 0 aromatic heterocycles. The lowest BCUT2D eigenvalue weighted by Crippen LogP contribution is -2.23. The van der Waals surface area contributed by atoms with Gasteiger partial charge in [-0.2, -0.15) is 0 Å². The molecule has 4 rings (SSSR count). The summed E-state index contributed by atoms with van der Waals surface area (Å²) in [5.41, 5.74) is 4.56. The van der Waals surface area contributed by atoms with Gasteiger partial charge in [-0.05, 0) is 55.1 Å². The normalized spacial score (nSPS) is 11.9. The van der Waals surface area contributed by atoms with Gasteiger partial charge in [0.2, 0.25) is 0 Å². The number of hydrogen-bond acceptors (Lipinski definition) is 4. The number of carbonyl (C=O) groups excluding carboxylic acids is 2. The molecule has 1 amide bonds. The highest BCUT2D eigenvalue weighted by molar-refractivity contribution is 6.22. The number of ether oxygens (including phenoxy) is 1. The van der Waals surface area contributed by atoms with Crippen LogP contribution < -0.4 is 10.1 Å². The number of nitrogens with zero attached hydrogens (tertiary/aromatic N) is 1. The summed E-state index contributed by atoms with van der Waals surface area (Å²) in [5, 5.41) is 2.92. The van der Waals surface area contributed by atoms with Gasteiger partial charge in [-0.3, -0.25) is 9.59 Å². The number of amides is 1. The Morgan fingerprint density at radius 1 is 0.900 bits per heavy atom. The number of likely N-dealkylation sites (N-methyl/N-ethyl adjacent to an activating group) is 1. The fourth-order valence-corrected chi connectivity index (χ4v) is 3.50. The fourth-order valence-electron chi connectivity index (χ4n) is 3.50. The molecule has 0 aliphatic heterocycles. The summed E-state index contributed by atoms with van der Waals surface area (Å²) in [6.45, 7) is 1.89. The summed E-state index contributed by atoms with van der Waals surface area (Å²) < 4.78 is 5.69. The van der Waals surface area contributed by atoms with Crippen LogP contribution in [0.15, 0.2) is 66.7 Å². The molecule has 30 heavy (non-hydrogen) atoms. The maximum atomic E-state index is 12.6. The Labute approximate surface area is 176 Å². The molecular weight excluding hydrogens is 376 g/mol. The van der Waals surface area contributed by atoms with E-state index in [1.54, 1.807) is 12.1 Å². The highest BCUT2D eigenvalue weighted by atomic mass is 16.5. The summed E-state index contributed by atoms with van der Waals surface area (Å²) >= 11 is 0. The van der Waals surface area contributed by atoms with Crippen LogP contribution in [0.1, 0.15) is 31.8 Å². The first kappa shape index (κ1) is 19.9. The molecule has 0 radical (unpaired) electrons. The van der Waals surface area contributed by atoms with Gasteiger partial charge in [0.05, 0.1) is 0 Å². The number of ketones is 1. The van der Waals surface area contributed by atoms with Crippen LogP contribution in [0.3, 0.4) is 0 Å². The fraction of sp³-hybridized carbons (Fsp3) is 0.200. The third-order valence-electron chi connectivity index (χ3n) is 5.17. The number of fused-ring (bicyclic) bond motifs is 3. The van der Waals surface area contributed by atoms with Gasteiger partial charge in [0, 0.05) is 29.8 Å². The maximum absolute atomic E-state index is 12.6. The number of rotatable bonds is 7. The van der Waals surface area contributed by atoms with Crippen LogP contribution in [0.5, 0.6) is 5.75 Å². The minimum absolute atomic E-state index is 0.0277. The van der Waals surface area contributed by atoms with E-state index in [0.717, 1.165) is 29.0 Å². The minimum Gasteiger partial charge on any atom is -0.492 e. The molecule has 0 bridgehead atoms. The third kappa shape index (κ3) is 4.11. The first-order valence-electron chi connectivity index (χ1n) is 9.96.